The molecule has 0 saturated carbocycles. The van der Waals surface area contributed by atoms with Gasteiger partial charge in [0.2, 0.25) is 0 Å². The minimum Gasteiger partial charge on any atom is -0.0622 e. The second-order valence-electron chi connectivity index (χ2n) is 12.7. The predicted molar refractivity (Wildman–Crippen MR) is 185 cm³/mol. The second kappa shape index (κ2) is 9.54. The van der Waals surface area contributed by atoms with Crippen molar-refractivity contribution in [2.45, 2.75) is 33.1 Å². The number of benzene rings is 7. The van der Waals surface area contributed by atoms with Crippen LogP contribution in [0.4, 0.5) is 0 Å². The van der Waals surface area contributed by atoms with Gasteiger partial charge in [-0.3, -0.25) is 0 Å². The van der Waals surface area contributed by atoms with Crippen LogP contribution >= 0.6 is 0 Å². The van der Waals surface area contributed by atoms with E-state index in [4.69, 9.17) is 0 Å². The van der Waals surface area contributed by atoms with Gasteiger partial charge in [-0.1, -0.05) is 152 Å². The van der Waals surface area contributed by atoms with E-state index in [1.807, 2.05) is 0 Å². The first kappa shape index (κ1) is 25.7. The molecule has 0 aliphatic heterocycles. The molecule has 0 heteroatoms. The number of aryl methyl sites for hydroxylation is 2. The van der Waals surface area contributed by atoms with Gasteiger partial charge >= 0.3 is 0 Å². The zero-order valence-corrected chi connectivity index (χ0v) is 25.2. The molecule has 0 N–H and O–H groups in total. The molecule has 206 valence electrons. The average Bonchev–Trinajstić information content (AvgIpc) is 3.26. The van der Waals surface area contributed by atoms with Crippen molar-refractivity contribution in [2.75, 3.05) is 0 Å². The van der Waals surface area contributed by atoms with Crippen LogP contribution in [-0.4, -0.2) is 0 Å². The fourth-order valence-electron chi connectivity index (χ4n) is 7.67. The van der Waals surface area contributed by atoms with Crippen molar-refractivity contribution in [3.63, 3.8) is 0 Å². The quantitative estimate of drug-likeness (QED) is 0.192. The Balaban J connectivity index is 1.56. The zero-order chi connectivity index (χ0) is 29.3. The first-order chi connectivity index (χ1) is 20.9. The van der Waals surface area contributed by atoms with Crippen molar-refractivity contribution >= 4 is 21.5 Å². The van der Waals surface area contributed by atoms with Gasteiger partial charge in [0, 0.05) is 5.41 Å². The summed E-state index contributed by atoms with van der Waals surface area (Å²) in [5.41, 5.74) is 15.8. The third-order valence-corrected chi connectivity index (χ3v) is 9.52. The Bertz CT molecular complexity index is 2190. The number of hydrogen-bond donors (Lipinski definition) is 0. The Hall–Kier alpha value is -4.94. The van der Waals surface area contributed by atoms with E-state index in [1.165, 1.54) is 88.3 Å². The molecule has 0 amide bonds. The molecule has 7 aromatic rings. The van der Waals surface area contributed by atoms with Gasteiger partial charge in [0.25, 0.3) is 0 Å². The van der Waals surface area contributed by atoms with Crippen LogP contribution in [0.1, 0.15) is 36.1 Å². The fourth-order valence-corrected chi connectivity index (χ4v) is 7.67. The predicted octanol–water partition coefficient (Wildman–Crippen LogP) is 11.9. The van der Waals surface area contributed by atoms with E-state index in [0.717, 1.165) is 0 Å². The van der Waals surface area contributed by atoms with Crippen molar-refractivity contribution < 1.29 is 0 Å². The largest absolute Gasteiger partial charge is 0.0622 e. The van der Waals surface area contributed by atoms with Crippen LogP contribution in [0.3, 0.4) is 0 Å². The first-order valence-electron chi connectivity index (χ1n) is 15.3. The zero-order valence-electron chi connectivity index (χ0n) is 25.2. The lowest BCUT2D eigenvalue weighted by Crippen LogP contribution is -2.14. The molecule has 0 saturated heterocycles. The summed E-state index contributed by atoms with van der Waals surface area (Å²) in [5, 5.41) is 5.18. The lowest BCUT2D eigenvalue weighted by atomic mass is 9.80. The van der Waals surface area contributed by atoms with Crippen LogP contribution in [0, 0.1) is 13.8 Å². The molecule has 0 bridgehead atoms. The van der Waals surface area contributed by atoms with Gasteiger partial charge in [-0.25, -0.2) is 0 Å². The third kappa shape index (κ3) is 3.90. The Morgan fingerprint density at radius 3 is 1.74 bits per heavy atom. The molecule has 0 unspecified atom stereocenters. The molecule has 7 aromatic carbocycles. The monoisotopic (exact) mass is 550 g/mol. The van der Waals surface area contributed by atoms with Crippen molar-refractivity contribution in [1.29, 1.82) is 0 Å². The minimum absolute atomic E-state index is 0.0538. The fraction of sp³-hybridized carbons (Fsp3) is 0.116. The Morgan fingerprint density at radius 2 is 0.977 bits per heavy atom. The van der Waals surface area contributed by atoms with Crippen molar-refractivity contribution in [3.05, 3.63) is 156 Å². The van der Waals surface area contributed by atoms with Crippen molar-refractivity contribution in [1.82, 2.24) is 0 Å². The molecular formula is C43H34. The van der Waals surface area contributed by atoms with Gasteiger partial charge in [0.05, 0.1) is 0 Å². The van der Waals surface area contributed by atoms with Gasteiger partial charge in [0.1, 0.15) is 0 Å². The van der Waals surface area contributed by atoms with Crippen LogP contribution in [0.2, 0.25) is 0 Å². The molecular weight excluding hydrogens is 516 g/mol. The van der Waals surface area contributed by atoms with Crippen LogP contribution in [0.25, 0.3) is 66.1 Å². The van der Waals surface area contributed by atoms with E-state index < -0.39 is 0 Å². The summed E-state index contributed by atoms with van der Waals surface area (Å²) >= 11 is 0. The highest BCUT2D eigenvalue weighted by molar-refractivity contribution is 6.23. The maximum absolute atomic E-state index is 2.43. The summed E-state index contributed by atoms with van der Waals surface area (Å²) in [4.78, 5) is 0. The molecule has 8 rings (SSSR count). The lowest BCUT2D eigenvalue weighted by molar-refractivity contribution is 0.660. The molecule has 1 aliphatic rings. The van der Waals surface area contributed by atoms with E-state index in [2.05, 4.69) is 161 Å². The highest BCUT2D eigenvalue weighted by Gasteiger charge is 2.37. The van der Waals surface area contributed by atoms with Crippen molar-refractivity contribution in [2.24, 2.45) is 0 Å². The van der Waals surface area contributed by atoms with Gasteiger partial charge in [-0.05, 0) is 97.1 Å². The lowest BCUT2D eigenvalue weighted by Gasteiger charge is -2.23. The molecule has 0 aromatic heterocycles. The summed E-state index contributed by atoms with van der Waals surface area (Å²) in [6.45, 7) is 9.15. The molecule has 0 nitrogen and oxygen atoms in total. The molecule has 0 spiro atoms. The first-order valence-corrected chi connectivity index (χ1v) is 15.3. The minimum atomic E-state index is -0.0538. The Kier molecular flexibility index (Phi) is 5.71. The van der Waals surface area contributed by atoms with E-state index in [1.54, 1.807) is 0 Å². The highest BCUT2D eigenvalue weighted by Crippen LogP contribution is 2.54. The van der Waals surface area contributed by atoms with Crippen LogP contribution < -0.4 is 0 Å². The van der Waals surface area contributed by atoms with Crippen LogP contribution in [-0.2, 0) is 5.41 Å². The number of rotatable bonds is 3. The normalized spacial score (nSPS) is 13.3. The Morgan fingerprint density at radius 1 is 0.372 bits per heavy atom. The number of fused-ring (bicyclic) bond motifs is 5. The SMILES string of the molecule is Cc1cc(C)cc(-c2c3ccccc3c(-c3cccc4c3-c3ccccc3C4(C)C)c3cc(-c4ccccc4)ccc23)c1. The molecule has 1 aliphatic carbocycles. The topological polar surface area (TPSA) is 0 Å². The van der Waals surface area contributed by atoms with Gasteiger partial charge in [-0.2, -0.15) is 0 Å². The molecule has 0 atom stereocenters. The standard InChI is InChI=1S/C43H34/c1-27-23-28(2)25-31(24-27)40-32-15-8-9-16-33(32)41(37-26-30(21-22-34(37)40)29-13-6-5-7-14-29)36-18-12-20-39-42(36)35-17-10-11-19-38(35)43(39,3)4/h5-26H,1-4H3. The average molecular weight is 551 g/mol. The summed E-state index contributed by atoms with van der Waals surface area (Å²) < 4.78 is 0. The summed E-state index contributed by atoms with van der Waals surface area (Å²) in [7, 11) is 0. The van der Waals surface area contributed by atoms with Gasteiger partial charge in [0.15, 0.2) is 0 Å². The molecule has 0 radical (unpaired) electrons. The van der Waals surface area contributed by atoms with E-state index in [-0.39, 0.29) is 5.41 Å². The van der Waals surface area contributed by atoms with Crippen molar-refractivity contribution in [3.8, 4) is 44.5 Å². The van der Waals surface area contributed by atoms with Gasteiger partial charge < -0.3 is 0 Å². The van der Waals surface area contributed by atoms with Gasteiger partial charge in [-0.15, -0.1) is 0 Å². The van der Waals surface area contributed by atoms with Crippen LogP contribution in [0.15, 0.2) is 133 Å². The molecule has 0 fully saturated rings. The molecule has 0 heterocycles. The molecule has 43 heavy (non-hydrogen) atoms. The maximum atomic E-state index is 2.43. The van der Waals surface area contributed by atoms with E-state index in [9.17, 15) is 0 Å². The smallest absolute Gasteiger partial charge is 0.0159 e. The van der Waals surface area contributed by atoms with E-state index >= 15 is 0 Å². The second-order valence-corrected chi connectivity index (χ2v) is 12.7. The Labute approximate surface area is 254 Å². The third-order valence-electron chi connectivity index (χ3n) is 9.52. The van der Waals surface area contributed by atoms with E-state index in [0.29, 0.717) is 0 Å². The highest BCUT2D eigenvalue weighted by atomic mass is 14.4. The summed E-state index contributed by atoms with van der Waals surface area (Å²) in [6, 6.07) is 49.8. The number of hydrogen-bond acceptors (Lipinski definition) is 0. The summed E-state index contributed by atoms with van der Waals surface area (Å²) in [6.07, 6.45) is 0. The van der Waals surface area contributed by atoms with Crippen LogP contribution in [0.5, 0.6) is 0 Å². The summed E-state index contributed by atoms with van der Waals surface area (Å²) in [5.74, 6) is 0. The maximum Gasteiger partial charge on any atom is 0.0159 e.